The fourth-order valence-electron chi connectivity index (χ4n) is 2.34. The third-order valence-electron chi connectivity index (χ3n) is 3.39. The van der Waals surface area contributed by atoms with Gasteiger partial charge in [-0.1, -0.05) is 35.9 Å². The molecule has 0 amide bonds. The number of carbonyl (C=O) groups is 2. The minimum Gasteiger partial charge on any atom is -0.351 e. The number of hydrogen-bond acceptors (Lipinski definition) is 4. The molecule has 2 aromatic rings. The third-order valence-corrected chi connectivity index (χ3v) is 4.44. The Kier molecular flexibility index (Phi) is 4.05. The van der Waals surface area contributed by atoms with Gasteiger partial charge in [-0.05, 0) is 30.5 Å². The summed E-state index contributed by atoms with van der Waals surface area (Å²) in [5, 5.41) is 3.67. The molecule has 1 N–H and O–H groups in total. The van der Waals surface area contributed by atoms with Gasteiger partial charge in [0.25, 0.3) is 0 Å². The second-order valence-corrected chi connectivity index (χ2v) is 6.00. The molecule has 0 saturated heterocycles. The molecule has 5 heteroatoms. The quantitative estimate of drug-likeness (QED) is 0.906. The Hall–Kier alpha value is -2.04. The van der Waals surface area contributed by atoms with Crippen molar-refractivity contribution in [1.82, 2.24) is 0 Å². The van der Waals surface area contributed by atoms with Crippen LogP contribution >= 0.6 is 23.4 Å². The Bertz CT molecular complexity index is 797. The van der Waals surface area contributed by atoms with Gasteiger partial charge in [-0.25, -0.2) is 0 Å². The van der Waals surface area contributed by atoms with Gasteiger partial charge >= 0.3 is 0 Å². The molecule has 22 heavy (non-hydrogen) atoms. The van der Waals surface area contributed by atoms with Crippen molar-refractivity contribution in [3.8, 4) is 0 Å². The Morgan fingerprint density at radius 2 is 1.50 bits per heavy atom. The van der Waals surface area contributed by atoms with Gasteiger partial charge in [-0.2, -0.15) is 0 Å². The van der Waals surface area contributed by atoms with Gasteiger partial charge in [0.15, 0.2) is 0 Å². The molecule has 110 valence electrons. The van der Waals surface area contributed by atoms with Crippen molar-refractivity contribution in [3.63, 3.8) is 0 Å². The highest BCUT2D eigenvalue weighted by Crippen LogP contribution is 2.32. The van der Waals surface area contributed by atoms with Crippen LogP contribution in [0.15, 0.2) is 59.1 Å². The average Bonchev–Trinajstić information content (AvgIpc) is 2.55. The van der Waals surface area contributed by atoms with E-state index in [9.17, 15) is 9.59 Å². The molecule has 0 atom stereocenters. The molecule has 1 aliphatic carbocycles. The number of ketones is 2. The molecule has 2 aromatic carbocycles. The summed E-state index contributed by atoms with van der Waals surface area (Å²) >= 11 is 7.14. The van der Waals surface area contributed by atoms with Gasteiger partial charge < -0.3 is 5.32 Å². The van der Waals surface area contributed by atoms with Crippen LogP contribution < -0.4 is 5.32 Å². The molecule has 0 fully saturated rings. The molecule has 0 heterocycles. The molecular weight excluding hydrogens is 318 g/mol. The van der Waals surface area contributed by atoms with E-state index < -0.39 is 0 Å². The lowest BCUT2D eigenvalue weighted by atomic mass is 9.92. The predicted octanol–water partition coefficient (Wildman–Crippen LogP) is 4.41. The van der Waals surface area contributed by atoms with Crippen LogP contribution in [0.25, 0.3) is 0 Å². The largest absolute Gasteiger partial charge is 0.351 e. The molecule has 0 aromatic heterocycles. The topological polar surface area (TPSA) is 46.2 Å². The van der Waals surface area contributed by atoms with Crippen molar-refractivity contribution in [3.05, 3.63) is 75.3 Å². The van der Waals surface area contributed by atoms with Crippen LogP contribution in [0.4, 0.5) is 5.69 Å². The van der Waals surface area contributed by atoms with E-state index in [0.717, 1.165) is 0 Å². The maximum Gasteiger partial charge on any atom is 0.211 e. The number of fused-ring (bicyclic) bond motifs is 1. The number of carbonyl (C=O) groups excluding carboxylic acids is 2. The Morgan fingerprint density at radius 3 is 2.09 bits per heavy atom. The molecule has 0 unspecified atom stereocenters. The summed E-state index contributed by atoms with van der Waals surface area (Å²) in [6.45, 7) is 0. The maximum atomic E-state index is 12.7. The lowest BCUT2D eigenvalue weighted by Crippen LogP contribution is -2.24. The van der Waals surface area contributed by atoms with E-state index in [0.29, 0.717) is 32.4 Å². The normalized spacial score (nSPS) is 14.1. The van der Waals surface area contributed by atoms with Crippen LogP contribution in [-0.4, -0.2) is 17.8 Å². The van der Waals surface area contributed by atoms with Crippen LogP contribution in [0, 0.1) is 0 Å². The van der Waals surface area contributed by atoms with E-state index in [1.165, 1.54) is 11.8 Å². The van der Waals surface area contributed by atoms with Crippen molar-refractivity contribution in [2.75, 3.05) is 11.6 Å². The molecule has 3 rings (SSSR count). The number of rotatable bonds is 3. The third kappa shape index (κ3) is 2.56. The van der Waals surface area contributed by atoms with Crippen LogP contribution in [0.1, 0.15) is 20.7 Å². The van der Waals surface area contributed by atoms with Gasteiger partial charge in [0.1, 0.15) is 5.70 Å². The van der Waals surface area contributed by atoms with Crippen molar-refractivity contribution in [1.29, 1.82) is 0 Å². The first-order valence-electron chi connectivity index (χ1n) is 6.61. The summed E-state index contributed by atoms with van der Waals surface area (Å²) < 4.78 is 0. The molecule has 0 aliphatic heterocycles. The zero-order valence-electron chi connectivity index (χ0n) is 11.7. The van der Waals surface area contributed by atoms with E-state index in [1.807, 2.05) is 0 Å². The summed E-state index contributed by atoms with van der Waals surface area (Å²) in [5.74, 6) is -0.298. The Morgan fingerprint density at radius 1 is 0.909 bits per heavy atom. The summed E-state index contributed by atoms with van der Waals surface area (Å²) in [4.78, 5) is 25.7. The summed E-state index contributed by atoms with van der Waals surface area (Å²) in [6, 6.07) is 13.9. The van der Waals surface area contributed by atoms with E-state index in [4.69, 9.17) is 11.6 Å². The van der Waals surface area contributed by atoms with E-state index in [1.54, 1.807) is 54.8 Å². The molecule has 0 saturated carbocycles. The molecule has 0 spiro atoms. The number of nitrogens with one attached hydrogen (secondary N) is 1. The second-order valence-electron chi connectivity index (χ2n) is 4.74. The molecule has 0 radical (unpaired) electrons. The first-order valence-corrected chi connectivity index (χ1v) is 8.21. The summed E-state index contributed by atoms with van der Waals surface area (Å²) in [6.07, 6.45) is 1.79. The van der Waals surface area contributed by atoms with Gasteiger partial charge in [-0.3, -0.25) is 9.59 Å². The van der Waals surface area contributed by atoms with Crippen LogP contribution in [-0.2, 0) is 0 Å². The predicted molar refractivity (Wildman–Crippen MR) is 90.7 cm³/mol. The molecular formula is C17H12ClNO2S. The zero-order valence-corrected chi connectivity index (χ0v) is 13.3. The number of Topliss-reactive ketones (excluding diaryl/α,β-unsaturated/α-hetero) is 2. The Balaban J connectivity index is 2.06. The highest BCUT2D eigenvalue weighted by Gasteiger charge is 2.31. The zero-order chi connectivity index (χ0) is 15.7. The first-order chi connectivity index (χ1) is 10.6. The Labute approximate surface area is 137 Å². The number of anilines is 1. The van der Waals surface area contributed by atoms with Crippen LogP contribution in [0.2, 0.25) is 5.02 Å². The molecule has 3 nitrogen and oxygen atoms in total. The van der Waals surface area contributed by atoms with Crippen molar-refractivity contribution in [2.45, 2.75) is 0 Å². The number of allylic oxidation sites excluding steroid dienone is 2. The standard InChI is InChI=1S/C17H12ClNO2S/c1-22-17-14(19-11-8-6-10(18)7-9-11)15(20)12-4-2-3-5-13(12)16(17)21/h2-9,19H,1H3. The number of halogens is 1. The smallest absolute Gasteiger partial charge is 0.211 e. The monoisotopic (exact) mass is 329 g/mol. The van der Waals surface area contributed by atoms with Gasteiger partial charge in [0.05, 0.1) is 4.91 Å². The minimum atomic E-state index is -0.172. The number of thioether (sulfide) groups is 1. The maximum absolute atomic E-state index is 12.7. The fraction of sp³-hybridized carbons (Fsp3) is 0.0588. The minimum absolute atomic E-state index is 0.126. The molecule has 0 bridgehead atoms. The van der Waals surface area contributed by atoms with Gasteiger partial charge in [0, 0.05) is 21.8 Å². The fourth-order valence-corrected chi connectivity index (χ4v) is 3.11. The lowest BCUT2D eigenvalue weighted by molar-refractivity contribution is 0.0982. The van der Waals surface area contributed by atoms with Gasteiger partial charge in [0.2, 0.25) is 11.6 Å². The average molecular weight is 330 g/mol. The van der Waals surface area contributed by atoms with Crippen LogP contribution in [0.5, 0.6) is 0 Å². The van der Waals surface area contributed by atoms with E-state index >= 15 is 0 Å². The SMILES string of the molecule is CSC1=C(Nc2ccc(Cl)cc2)C(=O)c2ccccc2C1=O. The van der Waals surface area contributed by atoms with E-state index in [2.05, 4.69) is 5.32 Å². The van der Waals surface area contributed by atoms with Crippen LogP contribution in [0.3, 0.4) is 0 Å². The van der Waals surface area contributed by atoms with Crippen molar-refractivity contribution in [2.24, 2.45) is 0 Å². The first kappa shape index (κ1) is 14.9. The molecule has 1 aliphatic rings. The highest BCUT2D eigenvalue weighted by atomic mass is 35.5. The highest BCUT2D eigenvalue weighted by molar-refractivity contribution is 8.03. The number of hydrogen-bond donors (Lipinski definition) is 1. The lowest BCUT2D eigenvalue weighted by Gasteiger charge is -2.21. The summed E-state index contributed by atoms with van der Waals surface area (Å²) in [5.41, 5.74) is 1.92. The second kappa shape index (κ2) is 5.99. The van der Waals surface area contributed by atoms with Crippen molar-refractivity contribution < 1.29 is 9.59 Å². The number of benzene rings is 2. The van der Waals surface area contributed by atoms with Crippen molar-refractivity contribution >= 4 is 40.6 Å². The summed E-state index contributed by atoms with van der Waals surface area (Å²) in [7, 11) is 0. The van der Waals surface area contributed by atoms with E-state index in [-0.39, 0.29) is 11.6 Å². The van der Waals surface area contributed by atoms with Gasteiger partial charge in [-0.15, -0.1) is 11.8 Å².